The molecule has 5 nitrogen and oxygen atoms in total. The zero-order chi connectivity index (χ0) is 16.4. The Kier molecular flexibility index (Phi) is 3.91. The van der Waals surface area contributed by atoms with Crippen molar-refractivity contribution in [3.05, 3.63) is 48.5 Å². The second-order valence-corrected chi connectivity index (χ2v) is 6.15. The molecule has 0 unspecified atom stereocenters. The van der Waals surface area contributed by atoms with Crippen molar-refractivity contribution in [1.82, 2.24) is 10.3 Å². The summed E-state index contributed by atoms with van der Waals surface area (Å²) in [6.07, 6.45) is 4.52. The molecule has 3 aromatic rings. The van der Waals surface area contributed by atoms with Gasteiger partial charge >= 0.3 is 6.03 Å². The van der Waals surface area contributed by atoms with E-state index in [0.29, 0.717) is 11.9 Å². The third-order valence-corrected chi connectivity index (χ3v) is 4.35. The molecule has 2 amide bonds. The highest BCUT2D eigenvalue weighted by atomic mass is 16.3. The molecule has 1 aliphatic rings. The number of benzene rings is 2. The van der Waals surface area contributed by atoms with Crippen LogP contribution in [0, 0.1) is 0 Å². The van der Waals surface area contributed by atoms with Gasteiger partial charge in [-0.05, 0) is 43.2 Å². The molecule has 0 saturated heterocycles. The molecule has 5 heteroatoms. The number of anilines is 1. The van der Waals surface area contributed by atoms with Crippen molar-refractivity contribution in [3.63, 3.8) is 0 Å². The molecule has 122 valence electrons. The quantitative estimate of drug-likeness (QED) is 0.743. The minimum atomic E-state index is -0.156. The monoisotopic (exact) mass is 321 g/mol. The van der Waals surface area contributed by atoms with Gasteiger partial charge in [0.15, 0.2) is 5.58 Å². The van der Waals surface area contributed by atoms with E-state index < -0.39 is 0 Å². The maximum Gasteiger partial charge on any atom is 0.319 e. The van der Waals surface area contributed by atoms with E-state index in [1.165, 1.54) is 12.8 Å². The number of hydrogen-bond donors (Lipinski definition) is 2. The highest BCUT2D eigenvalue weighted by molar-refractivity contribution is 5.90. The predicted octanol–water partition coefficient (Wildman–Crippen LogP) is 4.56. The average molecular weight is 321 g/mol. The van der Waals surface area contributed by atoms with Gasteiger partial charge in [0.1, 0.15) is 5.52 Å². The van der Waals surface area contributed by atoms with E-state index in [4.69, 9.17) is 4.42 Å². The number of para-hydroxylation sites is 2. The van der Waals surface area contributed by atoms with Crippen LogP contribution in [0.3, 0.4) is 0 Å². The number of urea groups is 1. The van der Waals surface area contributed by atoms with Crippen LogP contribution in [0.1, 0.15) is 25.7 Å². The van der Waals surface area contributed by atoms with Crippen LogP contribution in [0.15, 0.2) is 52.9 Å². The fraction of sp³-hybridized carbons (Fsp3) is 0.263. The third-order valence-electron chi connectivity index (χ3n) is 4.35. The van der Waals surface area contributed by atoms with Gasteiger partial charge in [0.25, 0.3) is 0 Å². The molecular formula is C19H19N3O2. The number of fused-ring (bicyclic) bond motifs is 1. The lowest BCUT2D eigenvalue weighted by Gasteiger charge is -2.13. The molecule has 0 spiro atoms. The Balaban J connectivity index is 1.51. The normalized spacial score (nSPS) is 14.8. The predicted molar refractivity (Wildman–Crippen MR) is 93.9 cm³/mol. The maximum atomic E-state index is 12.1. The summed E-state index contributed by atoms with van der Waals surface area (Å²) in [5.74, 6) is 0.552. The van der Waals surface area contributed by atoms with E-state index >= 15 is 0 Å². The molecule has 1 heterocycles. The van der Waals surface area contributed by atoms with Gasteiger partial charge in [0, 0.05) is 17.3 Å². The highest BCUT2D eigenvalue weighted by Crippen LogP contribution is 2.26. The minimum absolute atomic E-state index is 0.156. The summed E-state index contributed by atoms with van der Waals surface area (Å²) in [4.78, 5) is 16.6. The molecular weight excluding hydrogens is 302 g/mol. The van der Waals surface area contributed by atoms with E-state index in [9.17, 15) is 4.79 Å². The van der Waals surface area contributed by atoms with Gasteiger partial charge in [-0.1, -0.05) is 31.0 Å². The Morgan fingerprint density at radius 1 is 1.08 bits per heavy atom. The van der Waals surface area contributed by atoms with Gasteiger partial charge in [0.05, 0.1) is 0 Å². The van der Waals surface area contributed by atoms with E-state index in [1.54, 1.807) is 0 Å². The molecule has 0 aliphatic heterocycles. The van der Waals surface area contributed by atoms with Crippen LogP contribution in [0.5, 0.6) is 0 Å². The Labute approximate surface area is 140 Å². The first-order valence-corrected chi connectivity index (χ1v) is 8.31. The van der Waals surface area contributed by atoms with Gasteiger partial charge in [-0.15, -0.1) is 0 Å². The van der Waals surface area contributed by atoms with Crippen molar-refractivity contribution < 1.29 is 9.21 Å². The summed E-state index contributed by atoms with van der Waals surface area (Å²) in [5, 5.41) is 5.91. The minimum Gasteiger partial charge on any atom is -0.436 e. The molecule has 24 heavy (non-hydrogen) atoms. The van der Waals surface area contributed by atoms with Crippen molar-refractivity contribution in [2.45, 2.75) is 31.7 Å². The second kappa shape index (κ2) is 6.35. The number of amides is 2. The lowest BCUT2D eigenvalue weighted by Crippen LogP contribution is -2.36. The lowest BCUT2D eigenvalue weighted by atomic mass is 10.2. The van der Waals surface area contributed by atoms with E-state index in [0.717, 1.165) is 35.2 Å². The van der Waals surface area contributed by atoms with Crippen LogP contribution in [-0.4, -0.2) is 17.1 Å². The Morgan fingerprint density at radius 3 is 2.75 bits per heavy atom. The summed E-state index contributed by atoms with van der Waals surface area (Å²) < 4.78 is 5.78. The smallest absolute Gasteiger partial charge is 0.319 e. The fourth-order valence-electron chi connectivity index (χ4n) is 3.15. The summed E-state index contributed by atoms with van der Waals surface area (Å²) >= 11 is 0. The van der Waals surface area contributed by atoms with Gasteiger partial charge in [-0.2, -0.15) is 0 Å². The number of carbonyl (C=O) groups excluding carboxylic acids is 1. The number of oxazole rings is 1. The number of carbonyl (C=O) groups is 1. The van der Waals surface area contributed by atoms with Crippen LogP contribution < -0.4 is 10.6 Å². The molecule has 0 bridgehead atoms. The van der Waals surface area contributed by atoms with Crippen LogP contribution >= 0.6 is 0 Å². The van der Waals surface area contributed by atoms with Crippen molar-refractivity contribution in [2.24, 2.45) is 0 Å². The summed E-state index contributed by atoms with van der Waals surface area (Å²) in [6.45, 7) is 0. The zero-order valence-electron chi connectivity index (χ0n) is 13.3. The van der Waals surface area contributed by atoms with Crippen LogP contribution in [0.4, 0.5) is 10.5 Å². The Bertz CT molecular complexity index is 833. The zero-order valence-corrected chi connectivity index (χ0v) is 13.3. The summed E-state index contributed by atoms with van der Waals surface area (Å²) in [5.41, 5.74) is 3.14. The average Bonchev–Trinajstić information content (AvgIpc) is 3.24. The molecule has 1 aromatic heterocycles. The molecule has 4 rings (SSSR count). The third kappa shape index (κ3) is 3.11. The molecule has 1 saturated carbocycles. The number of hydrogen-bond acceptors (Lipinski definition) is 3. The standard InChI is InChI=1S/C19H19N3O2/c23-19(20-14-7-1-2-8-14)21-15-9-5-6-13(12-15)18-22-16-10-3-4-11-17(16)24-18/h3-6,9-12,14H,1-2,7-8H2,(H2,20,21,23). The van der Waals surface area contributed by atoms with Crippen LogP contribution in [0.25, 0.3) is 22.6 Å². The van der Waals surface area contributed by atoms with E-state index in [2.05, 4.69) is 15.6 Å². The van der Waals surface area contributed by atoms with Crippen LogP contribution in [-0.2, 0) is 0 Å². The van der Waals surface area contributed by atoms with E-state index in [1.807, 2.05) is 48.5 Å². The Morgan fingerprint density at radius 2 is 1.92 bits per heavy atom. The molecule has 1 aliphatic carbocycles. The number of rotatable bonds is 3. The van der Waals surface area contributed by atoms with E-state index in [-0.39, 0.29) is 6.03 Å². The highest BCUT2D eigenvalue weighted by Gasteiger charge is 2.17. The first-order chi connectivity index (χ1) is 11.8. The molecule has 2 aromatic carbocycles. The largest absolute Gasteiger partial charge is 0.436 e. The van der Waals surface area contributed by atoms with Crippen molar-refractivity contribution in [1.29, 1.82) is 0 Å². The fourth-order valence-corrected chi connectivity index (χ4v) is 3.15. The van der Waals surface area contributed by atoms with Gasteiger partial charge in [-0.25, -0.2) is 9.78 Å². The Hall–Kier alpha value is -2.82. The SMILES string of the molecule is O=C(Nc1cccc(-c2nc3ccccc3o2)c1)NC1CCCC1. The summed E-state index contributed by atoms with van der Waals surface area (Å²) in [7, 11) is 0. The number of aromatic nitrogens is 1. The lowest BCUT2D eigenvalue weighted by molar-refractivity contribution is 0.248. The molecule has 2 N–H and O–H groups in total. The number of nitrogens with zero attached hydrogens (tertiary/aromatic N) is 1. The molecule has 0 atom stereocenters. The van der Waals surface area contributed by atoms with Gasteiger partial charge in [-0.3, -0.25) is 0 Å². The first-order valence-electron chi connectivity index (χ1n) is 8.31. The maximum absolute atomic E-state index is 12.1. The van der Waals surface area contributed by atoms with Crippen molar-refractivity contribution in [2.75, 3.05) is 5.32 Å². The van der Waals surface area contributed by atoms with Crippen molar-refractivity contribution in [3.8, 4) is 11.5 Å². The van der Waals surface area contributed by atoms with Gasteiger partial charge in [0.2, 0.25) is 5.89 Å². The number of nitrogens with one attached hydrogen (secondary N) is 2. The van der Waals surface area contributed by atoms with Gasteiger partial charge < -0.3 is 15.1 Å². The van der Waals surface area contributed by atoms with Crippen LogP contribution in [0.2, 0.25) is 0 Å². The second-order valence-electron chi connectivity index (χ2n) is 6.15. The first kappa shape index (κ1) is 14.8. The molecule has 0 radical (unpaired) electrons. The van der Waals surface area contributed by atoms with Crippen molar-refractivity contribution >= 4 is 22.8 Å². The molecule has 1 fully saturated rings. The summed E-state index contributed by atoms with van der Waals surface area (Å²) in [6, 6.07) is 15.3. The topological polar surface area (TPSA) is 67.2 Å².